The highest BCUT2D eigenvalue weighted by Gasteiger charge is 2.30. The Morgan fingerprint density at radius 1 is 1.14 bits per heavy atom. The number of hydrogen-bond acceptors (Lipinski definition) is 4. The predicted octanol–water partition coefficient (Wildman–Crippen LogP) is 3.12. The van der Waals surface area contributed by atoms with Crippen LogP contribution in [-0.2, 0) is 11.3 Å². The first kappa shape index (κ1) is 18.3. The van der Waals surface area contributed by atoms with Crippen LogP contribution in [0, 0.1) is 0 Å². The lowest BCUT2D eigenvalue weighted by Gasteiger charge is -2.39. The van der Waals surface area contributed by atoms with E-state index in [1.807, 2.05) is 39.9 Å². The molecule has 2 heterocycles. The topological polar surface area (TPSA) is 50.6 Å². The minimum atomic E-state index is 0.112. The Morgan fingerprint density at radius 2 is 1.96 bits per heavy atom. The van der Waals surface area contributed by atoms with Crippen molar-refractivity contribution in [1.29, 1.82) is 0 Å². The van der Waals surface area contributed by atoms with Crippen molar-refractivity contribution in [3.05, 3.63) is 72.8 Å². The number of piperazine rings is 1. The van der Waals surface area contributed by atoms with E-state index in [1.54, 1.807) is 19.6 Å². The number of anilines is 1. The summed E-state index contributed by atoms with van der Waals surface area (Å²) < 4.78 is 7.27. The molecule has 1 aliphatic rings. The van der Waals surface area contributed by atoms with Crippen LogP contribution in [0.25, 0.3) is 5.69 Å². The molecule has 28 heavy (non-hydrogen) atoms. The number of imidazole rings is 1. The van der Waals surface area contributed by atoms with Crippen molar-refractivity contribution >= 4 is 11.6 Å². The first-order valence-corrected chi connectivity index (χ1v) is 9.40. The largest absolute Gasteiger partial charge is 0.497 e. The Hall–Kier alpha value is -3.12. The van der Waals surface area contributed by atoms with E-state index in [2.05, 4.69) is 41.1 Å². The summed E-state index contributed by atoms with van der Waals surface area (Å²) in [6.45, 7) is 3.99. The monoisotopic (exact) mass is 376 g/mol. The van der Waals surface area contributed by atoms with Gasteiger partial charge in [0.1, 0.15) is 5.75 Å². The minimum Gasteiger partial charge on any atom is -0.497 e. The van der Waals surface area contributed by atoms with Gasteiger partial charge in [-0.05, 0) is 36.8 Å². The van der Waals surface area contributed by atoms with Crippen LogP contribution in [0.4, 0.5) is 5.69 Å². The van der Waals surface area contributed by atoms with Gasteiger partial charge in [-0.25, -0.2) is 4.98 Å². The maximum atomic E-state index is 12.8. The number of aromatic nitrogens is 2. The van der Waals surface area contributed by atoms with Crippen molar-refractivity contribution in [2.45, 2.75) is 19.5 Å². The van der Waals surface area contributed by atoms with E-state index in [0.29, 0.717) is 13.1 Å². The van der Waals surface area contributed by atoms with E-state index in [0.717, 1.165) is 23.7 Å². The number of rotatable bonds is 5. The zero-order valence-electron chi connectivity index (χ0n) is 16.2. The Morgan fingerprint density at radius 3 is 2.68 bits per heavy atom. The standard InChI is InChI=1S/C22H24N4O2/c1-17-13-26(20-4-3-5-21(12-20)28-2)22(27)15-25(17)14-18-6-8-19(9-7-18)24-11-10-23-16-24/h3-12,16-17H,13-15H2,1-2H3/t17-/m0/s1. The lowest BCUT2D eigenvalue weighted by atomic mass is 10.1. The number of benzene rings is 2. The minimum absolute atomic E-state index is 0.112. The molecule has 0 N–H and O–H groups in total. The van der Waals surface area contributed by atoms with E-state index < -0.39 is 0 Å². The molecule has 0 unspecified atom stereocenters. The number of carbonyl (C=O) groups excluding carboxylic acids is 1. The molecule has 1 saturated heterocycles. The third-order valence-corrected chi connectivity index (χ3v) is 5.20. The molecule has 144 valence electrons. The van der Waals surface area contributed by atoms with Crippen LogP contribution in [-0.4, -0.2) is 46.6 Å². The van der Waals surface area contributed by atoms with Gasteiger partial charge in [0, 0.05) is 49.0 Å². The van der Waals surface area contributed by atoms with E-state index in [-0.39, 0.29) is 11.9 Å². The molecule has 1 atom stereocenters. The molecule has 2 aromatic carbocycles. The maximum Gasteiger partial charge on any atom is 0.241 e. The first-order valence-electron chi connectivity index (χ1n) is 9.40. The van der Waals surface area contributed by atoms with Gasteiger partial charge in [0.2, 0.25) is 5.91 Å². The van der Waals surface area contributed by atoms with Crippen molar-refractivity contribution < 1.29 is 9.53 Å². The Labute approximate surface area is 165 Å². The SMILES string of the molecule is COc1cccc(N2C[C@H](C)N(Cc3ccc(-n4ccnc4)cc3)CC2=O)c1. The Bertz CT molecular complexity index is 937. The summed E-state index contributed by atoms with van der Waals surface area (Å²) in [6, 6.07) is 16.3. The highest BCUT2D eigenvalue weighted by atomic mass is 16.5. The number of carbonyl (C=O) groups is 1. The molecule has 1 fully saturated rings. The van der Waals surface area contributed by atoms with E-state index in [9.17, 15) is 4.79 Å². The zero-order chi connectivity index (χ0) is 19.5. The van der Waals surface area contributed by atoms with Crippen molar-refractivity contribution in [3.63, 3.8) is 0 Å². The first-order chi connectivity index (χ1) is 13.6. The van der Waals surface area contributed by atoms with E-state index in [1.165, 1.54) is 5.56 Å². The fourth-order valence-corrected chi connectivity index (χ4v) is 3.56. The summed E-state index contributed by atoms with van der Waals surface area (Å²) >= 11 is 0. The lowest BCUT2D eigenvalue weighted by molar-refractivity contribution is -0.122. The molecule has 6 heteroatoms. The summed E-state index contributed by atoms with van der Waals surface area (Å²) in [5.41, 5.74) is 3.16. The Kier molecular flexibility index (Phi) is 5.12. The second kappa shape index (κ2) is 7.86. The predicted molar refractivity (Wildman–Crippen MR) is 109 cm³/mol. The van der Waals surface area contributed by atoms with Crippen LogP contribution in [0.15, 0.2) is 67.3 Å². The summed E-state index contributed by atoms with van der Waals surface area (Å²) in [7, 11) is 1.64. The van der Waals surface area contributed by atoms with Gasteiger partial charge in [-0.15, -0.1) is 0 Å². The average molecular weight is 376 g/mol. The molecule has 1 aliphatic heterocycles. The van der Waals surface area contributed by atoms with Gasteiger partial charge < -0.3 is 14.2 Å². The van der Waals surface area contributed by atoms with E-state index in [4.69, 9.17) is 4.74 Å². The molecule has 0 saturated carbocycles. The molecule has 3 aromatic rings. The second-order valence-corrected chi connectivity index (χ2v) is 7.10. The fourth-order valence-electron chi connectivity index (χ4n) is 3.56. The van der Waals surface area contributed by atoms with Crippen LogP contribution < -0.4 is 9.64 Å². The summed E-state index contributed by atoms with van der Waals surface area (Å²) in [6.07, 6.45) is 5.48. The third-order valence-electron chi connectivity index (χ3n) is 5.20. The average Bonchev–Trinajstić information content (AvgIpc) is 3.26. The molecule has 0 radical (unpaired) electrons. The van der Waals surface area contributed by atoms with Crippen LogP contribution in [0.5, 0.6) is 5.75 Å². The van der Waals surface area contributed by atoms with Gasteiger partial charge in [-0.1, -0.05) is 18.2 Å². The van der Waals surface area contributed by atoms with Crippen LogP contribution >= 0.6 is 0 Å². The van der Waals surface area contributed by atoms with E-state index >= 15 is 0 Å². The number of nitrogens with zero attached hydrogens (tertiary/aromatic N) is 4. The van der Waals surface area contributed by atoms with Crippen LogP contribution in [0.1, 0.15) is 12.5 Å². The normalized spacial score (nSPS) is 17.7. The molecule has 1 aromatic heterocycles. The smallest absolute Gasteiger partial charge is 0.241 e. The van der Waals surface area contributed by atoms with Gasteiger partial charge in [0.25, 0.3) is 0 Å². The number of methoxy groups -OCH3 is 1. The second-order valence-electron chi connectivity index (χ2n) is 7.10. The van der Waals surface area contributed by atoms with Crippen molar-refractivity contribution in [2.75, 3.05) is 25.1 Å². The van der Waals surface area contributed by atoms with Gasteiger partial charge in [-0.3, -0.25) is 9.69 Å². The fraction of sp³-hybridized carbons (Fsp3) is 0.273. The summed E-state index contributed by atoms with van der Waals surface area (Å²) in [5, 5.41) is 0. The lowest BCUT2D eigenvalue weighted by Crippen LogP contribution is -2.54. The number of hydrogen-bond donors (Lipinski definition) is 0. The molecule has 4 rings (SSSR count). The van der Waals surface area contributed by atoms with Crippen molar-refractivity contribution in [3.8, 4) is 11.4 Å². The quantitative estimate of drug-likeness (QED) is 0.687. The van der Waals surface area contributed by atoms with Gasteiger partial charge in [-0.2, -0.15) is 0 Å². The molecule has 0 aliphatic carbocycles. The molecular formula is C22H24N4O2. The zero-order valence-corrected chi connectivity index (χ0v) is 16.2. The maximum absolute atomic E-state index is 12.8. The number of amides is 1. The van der Waals surface area contributed by atoms with Gasteiger partial charge in [0.15, 0.2) is 0 Å². The number of ether oxygens (including phenoxy) is 1. The third kappa shape index (κ3) is 3.77. The molecule has 0 bridgehead atoms. The molecule has 0 spiro atoms. The molecular weight excluding hydrogens is 352 g/mol. The van der Waals surface area contributed by atoms with Crippen molar-refractivity contribution in [1.82, 2.24) is 14.5 Å². The van der Waals surface area contributed by atoms with Crippen LogP contribution in [0.2, 0.25) is 0 Å². The highest BCUT2D eigenvalue weighted by Crippen LogP contribution is 2.25. The summed E-state index contributed by atoms with van der Waals surface area (Å²) in [4.78, 5) is 20.9. The van der Waals surface area contributed by atoms with Crippen molar-refractivity contribution in [2.24, 2.45) is 0 Å². The molecule has 6 nitrogen and oxygen atoms in total. The Balaban J connectivity index is 1.44. The highest BCUT2D eigenvalue weighted by molar-refractivity contribution is 5.95. The van der Waals surface area contributed by atoms with Crippen LogP contribution in [0.3, 0.4) is 0 Å². The van der Waals surface area contributed by atoms with Gasteiger partial charge in [0.05, 0.1) is 20.0 Å². The summed E-state index contributed by atoms with van der Waals surface area (Å²) in [5.74, 6) is 0.875. The molecule has 1 amide bonds. The van der Waals surface area contributed by atoms with Gasteiger partial charge >= 0.3 is 0 Å².